The summed E-state index contributed by atoms with van der Waals surface area (Å²) in [7, 11) is 0. The van der Waals surface area contributed by atoms with Crippen LogP contribution < -0.4 is 10.2 Å². The molecular weight excluding hydrogens is 432 g/mol. The number of aromatic nitrogens is 2. The summed E-state index contributed by atoms with van der Waals surface area (Å²) < 4.78 is 5.43. The van der Waals surface area contributed by atoms with Gasteiger partial charge in [-0.05, 0) is 47.3 Å². The summed E-state index contributed by atoms with van der Waals surface area (Å²) in [6.07, 6.45) is 2.47. The van der Waals surface area contributed by atoms with Gasteiger partial charge in [0, 0.05) is 42.6 Å². The highest BCUT2D eigenvalue weighted by Crippen LogP contribution is 2.22. The number of carbonyl (C=O) groups is 1. The minimum absolute atomic E-state index is 0.0956. The zero-order valence-corrected chi connectivity index (χ0v) is 18.9. The second kappa shape index (κ2) is 9.94. The van der Waals surface area contributed by atoms with Gasteiger partial charge in [-0.25, -0.2) is 9.97 Å². The number of hydrogen-bond donors (Lipinski definition) is 1. The molecule has 1 saturated heterocycles. The van der Waals surface area contributed by atoms with Crippen LogP contribution in [-0.4, -0.2) is 42.2 Å². The van der Waals surface area contributed by atoms with E-state index in [2.05, 4.69) is 39.5 Å². The van der Waals surface area contributed by atoms with E-state index in [1.165, 1.54) is 22.6 Å². The number of amides is 1. The third-order valence-electron chi connectivity index (χ3n) is 5.56. The van der Waals surface area contributed by atoms with Crippen LogP contribution in [0, 0.1) is 0 Å². The summed E-state index contributed by atoms with van der Waals surface area (Å²) >= 11 is 1.42. The maximum atomic E-state index is 12.2. The number of hydrogen-bond acceptors (Lipinski definition) is 6. The molecular formula is C26H24N4O2S. The van der Waals surface area contributed by atoms with Crippen LogP contribution in [0.5, 0.6) is 0 Å². The molecule has 0 unspecified atom stereocenters. The van der Waals surface area contributed by atoms with Gasteiger partial charge in [0.1, 0.15) is 5.82 Å². The lowest BCUT2D eigenvalue weighted by atomic mass is 10.1. The zero-order chi connectivity index (χ0) is 22.5. The minimum Gasteiger partial charge on any atom is -0.378 e. The topological polar surface area (TPSA) is 67.4 Å². The van der Waals surface area contributed by atoms with Gasteiger partial charge in [-0.15, -0.1) is 11.3 Å². The highest BCUT2D eigenvalue weighted by atomic mass is 32.1. The quantitative estimate of drug-likeness (QED) is 0.448. The first-order valence-corrected chi connectivity index (χ1v) is 11.8. The molecule has 1 amide bonds. The third kappa shape index (κ3) is 5.27. The van der Waals surface area contributed by atoms with E-state index < -0.39 is 0 Å². The van der Waals surface area contributed by atoms with E-state index in [1.807, 2.05) is 47.8 Å². The van der Waals surface area contributed by atoms with Gasteiger partial charge in [-0.2, -0.15) is 0 Å². The fourth-order valence-corrected chi connectivity index (χ4v) is 4.42. The van der Waals surface area contributed by atoms with Crippen LogP contribution in [0.3, 0.4) is 0 Å². The van der Waals surface area contributed by atoms with Crippen molar-refractivity contribution in [2.45, 2.75) is 6.42 Å². The summed E-state index contributed by atoms with van der Waals surface area (Å²) in [5.74, 6) is 0.684. The van der Waals surface area contributed by atoms with E-state index in [9.17, 15) is 4.79 Å². The average Bonchev–Trinajstić information content (AvgIpc) is 3.41. The third-order valence-corrected chi connectivity index (χ3v) is 6.43. The maximum absolute atomic E-state index is 12.2. The summed E-state index contributed by atoms with van der Waals surface area (Å²) in [4.78, 5) is 24.5. The molecule has 33 heavy (non-hydrogen) atoms. The molecule has 1 fully saturated rings. The Morgan fingerprint density at radius 2 is 1.79 bits per heavy atom. The Kier molecular flexibility index (Phi) is 6.41. The van der Waals surface area contributed by atoms with Crippen molar-refractivity contribution in [2.75, 3.05) is 36.5 Å². The SMILES string of the molecule is O=C(Nc1ccc(-c2ccnc(Cc3ccc(N4CCOCC4)cc3)n2)cc1)c1cccs1. The Morgan fingerprint density at radius 1 is 1.00 bits per heavy atom. The molecule has 0 bridgehead atoms. The van der Waals surface area contributed by atoms with E-state index in [0.717, 1.165) is 49.1 Å². The average molecular weight is 457 g/mol. The van der Waals surface area contributed by atoms with Crippen molar-refractivity contribution < 1.29 is 9.53 Å². The molecule has 0 aliphatic carbocycles. The van der Waals surface area contributed by atoms with Crippen LogP contribution in [0.4, 0.5) is 11.4 Å². The lowest BCUT2D eigenvalue weighted by Crippen LogP contribution is -2.36. The molecule has 0 saturated carbocycles. The number of nitrogens with one attached hydrogen (secondary N) is 1. The first-order valence-electron chi connectivity index (χ1n) is 10.9. The Bertz CT molecular complexity index is 1200. The molecule has 0 radical (unpaired) electrons. The summed E-state index contributed by atoms with van der Waals surface area (Å²) in [5, 5.41) is 4.82. The fraction of sp³-hybridized carbons (Fsp3) is 0.192. The van der Waals surface area contributed by atoms with E-state index in [-0.39, 0.29) is 5.91 Å². The number of thiophene rings is 1. The largest absolute Gasteiger partial charge is 0.378 e. The maximum Gasteiger partial charge on any atom is 0.265 e. The molecule has 6 nitrogen and oxygen atoms in total. The molecule has 2 aromatic heterocycles. The van der Waals surface area contributed by atoms with Crippen molar-refractivity contribution in [3.63, 3.8) is 0 Å². The lowest BCUT2D eigenvalue weighted by molar-refractivity contribution is 0.103. The zero-order valence-electron chi connectivity index (χ0n) is 18.1. The molecule has 1 aliphatic heterocycles. The van der Waals surface area contributed by atoms with Crippen molar-refractivity contribution in [3.8, 4) is 11.3 Å². The molecule has 166 valence electrons. The monoisotopic (exact) mass is 456 g/mol. The van der Waals surface area contributed by atoms with Gasteiger partial charge >= 0.3 is 0 Å². The summed E-state index contributed by atoms with van der Waals surface area (Å²) in [5.41, 5.74) is 5.00. The van der Waals surface area contributed by atoms with Gasteiger partial charge in [0.15, 0.2) is 0 Å². The number of benzene rings is 2. The predicted molar refractivity (Wildman–Crippen MR) is 132 cm³/mol. The van der Waals surface area contributed by atoms with Gasteiger partial charge in [0.05, 0.1) is 23.8 Å². The first-order chi connectivity index (χ1) is 16.2. The van der Waals surface area contributed by atoms with Crippen molar-refractivity contribution in [1.29, 1.82) is 0 Å². The summed E-state index contributed by atoms with van der Waals surface area (Å²) in [6, 6.07) is 21.9. The van der Waals surface area contributed by atoms with Gasteiger partial charge in [0.2, 0.25) is 0 Å². The van der Waals surface area contributed by atoms with Gasteiger partial charge in [0.25, 0.3) is 5.91 Å². The molecule has 2 aromatic carbocycles. The first kappa shape index (κ1) is 21.3. The van der Waals surface area contributed by atoms with Crippen LogP contribution in [0.2, 0.25) is 0 Å². The van der Waals surface area contributed by atoms with Crippen molar-refractivity contribution in [1.82, 2.24) is 9.97 Å². The smallest absolute Gasteiger partial charge is 0.265 e. The number of anilines is 2. The molecule has 5 rings (SSSR count). The van der Waals surface area contributed by atoms with Crippen LogP contribution in [0.15, 0.2) is 78.3 Å². The fourth-order valence-electron chi connectivity index (χ4n) is 3.80. The van der Waals surface area contributed by atoms with Gasteiger partial charge < -0.3 is 15.0 Å². The van der Waals surface area contributed by atoms with Crippen LogP contribution >= 0.6 is 11.3 Å². The second-order valence-corrected chi connectivity index (χ2v) is 8.76. The Balaban J connectivity index is 1.24. The summed E-state index contributed by atoms with van der Waals surface area (Å²) in [6.45, 7) is 3.43. The molecule has 0 spiro atoms. The van der Waals surface area contributed by atoms with Crippen LogP contribution in [0.25, 0.3) is 11.3 Å². The highest BCUT2D eigenvalue weighted by molar-refractivity contribution is 7.12. The van der Waals surface area contributed by atoms with E-state index >= 15 is 0 Å². The normalized spacial score (nSPS) is 13.6. The molecule has 0 atom stereocenters. The van der Waals surface area contributed by atoms with E-state index in [4.69, 9.17) is 9.72 Å². The predicted octanol–water partition coefficient (Wildman–Crippen LogP) is 4.88. The number of morpholine rings is 1. The van der Waals surface area contributed by atoms with Gasteiger partial charge in [-0.3, -0.25) is 4.79 Å². The number of nitrogens with zero attached hydrogens (tertiary/aromatic N) is 3. The number of rotatable bonds is 6. The van der Waals surface area contributed by atoms with E-state index in [0.29, 0.717) is 11.3 Å². The molecule has 4 aromatic rings. The number of ether oxygens (including phenoxy) is 1. The minimum atomic E-state index is -0.0956. The Labute approximate surface area is 196 Å². The lowest BCUT2D eigenvalue weighted by Gasteiger charge is -2.28. The Hall–Kier alpha value is -3.55. The standard InChI is InChI=1S/C26H24N4O2S/c31-26(24-2-1-17-33-24)28-21-7-5-20(6-8-21)23-11-12-27-25(29-23)18-19-3-9-22(10-4-19)30-13-15-32-16-14-30/h1-12,17H,13-16,18H2,(H,28,31). The van der Waals surface area contributed by atoms with E-state index in [1.54, 1.807) is 6.20 Å². The van der Waals surface area contributed by atoms with Crippen molar-refractivity contribution in [2.24, 2.45) is 0 Å². The van der Waals surface area contributed by atoms with Crippen molar-refractivity contribution >= 4 is 28.6 Å². The molecule has 1 N–H and O–H groups in total. The second-order valence-electron chi connectivity index (χ2n) is 7.81. The molecule has 1 aliphatic rings. The van der Waals surface area contributed by atoms with Gasteiger partial charge in [-0.1, -0.05) is 30.3 Å². The Morgan fingerprint density at radius 3 is 2.52 bits per heavy atom. The van der Waals surface area contributed by atoms with Crippen molar-refractivity contribution in [3.05, 3.63) is 94.6 Å². The highest BCUT2D eigenvalue weighted by Gasteiger charge is 2.11. The molecule has 3 heterocycles. The van der Waals surface area contributed by atoms with Crippen LogP contribution in [0.1, 0.15) is 21.1 Å². The molecule has 7 heteroatoms. The number of carbonyl (C=O) groups excluding carboxylic acids is 1. The van der Waals surface area contributed by atoms with Crippen LogP contribution in [-0.2, 0) is 11.2 Å².